The smallest absolute Gasteiger partial charge is 0.320 e. The molecule has 0 spiro atoms. The van der Waals surface area contributed by atoms with E-state index in [9.17, 15) is 5.11 Å². The van der Waals surface area contributed by atoms with Gasteiger partial charge in [-0.15, -0.1) is 0 Å². The minimum atomic E-state index is -0.326. The molecule has 2 heterocycles. The zero-order chi connectivity index (χ0) is 21.3. The van der Waals surface area contributed by atoms with E-state index in [0.717, 1.165) is 29.7 Å². The van der Waals surface area contributed by atoms with E-state index in [1.165, 1.54) is 7.11 Å². The number of hydrogen-bond donors (Lipinski definition) is 1. The lowest BCUT2D eigenvalue weighted by atomic mass is 9.74. The Hall–Kier alpha value is -2.87. The van der Waals surface area contributed by atoms with Crippen molar-refractivity contribution in [3.63, 3.8) is 0 Å². The summed E-state index contributed by atoms with van der Waals surface area (Å²) in [5.41, 5.74) is 3.36. The van der Waals surface area contributed by atoms with Crippen molar-refractivity contribution in [3.05, 3.63) is 35.0 Å². The molecule has 30 heavy (non-hydrogen) atoms. The highest BCUT2D eigenvalue weighted by Crippen LogP contribution is 2.45. The van der Waals surface area contributed by atoms with Gasteiger partial charge in [0, 0.05) is 17.5 Å². The van der Waals surface area contributed by atoms with Crippen molar-refractivity contribution in [2.24, 2.45) is 4.99 Å². The van der Waals surface area contributed by atoms with Crippen molar-refractivity contribution in [2.75, 3.05) is 27.9 Å². The van der Waals surface area contributed by atoms with Gasteiger partial charge in [-0.2, -0.15) is 9.97 Å². The van der Waals surface area contributed by atoms with Crippen LogP contribution in [0.25, 0.3) is 0 Å². The normalized spacial score (nSPS) is 22.4. The molecule has 1 N–H and O–H groups in total. The van der Waals surface area contributed by atoms with Crippen LogP contribution in [-0.2, 0) is 0 Å². The number of rotatable bonds is 6. The third kappa shape index (κ3) is 3.67. The van der Waals surface area contributed by atoms with Gasteiger partial charge in [0.1, 0.15) is 0 Å². The lowest BCUT2D eigenvalue weighted by Crippen LogP contribution is -2.34. The van der Waals surface area contributed by atoms with Gasteiger partial charge < -0.3 is 24.1 Å². The predicted octanol–water partition coefficient (Wildman–Crippen LogP) is 2.75. The minimum Gasteiger partial charge on any atom is -0.493 e. The number of hydrogen-bond acceptors (Lipinski definition) is 8. The molecule has 0 unspecified atom stereocenters. The maximum Gasteiger partial charge on any atom is 0.320 e. The van der Waals surface area contributed by atoms with E-state index < -0.39 is 0 Å². The van der Waals surface area contributed by atoms with Gasteiger partial charge in [0.15, 0.2) is 11.5 Å². The summed E-state index contributed by atoms with van der Waals surface area (Å²) in [5, 5.41) is 10.3. The van der Waals surface area contributed by atoms with Crippen molar-refractivity contribution in [2.45, 2.75) is 44.2 Å². The van der Waals surface area contributed by atoms with Gasteiger partial charge in [-0.3, -0.25) is 4.99 Å². The van der Waals surface area contributed by atoms with Gasteiger partial charge in [-0.1, -0.05) is 0 Å². The summed E-state index contributed by atoms with van der Waals surface area (Å²) < 4.78 is 22.0. The Morgan fingerprint density at radius 3 is 2.53 bits per heavy atom. The van der Waals surface area contributed by atoms with Gasteiger partial charge in [-0.05, 0) is 43.9 Å². The maximum atomic E-state index is 10.3. The summed E-state index contributed by atoms with van der Waals surface area (Å²) in [6.45, 7) is 2.48. The summed E-state index contributed by atoms with van der Waals surface area (Å²) in [4.78, 5) is 13.8. The molecule has 0 amide bonds. The van der Waals surface area contributed by atoms with Crippen LogP contribution in [0.1, 0.15) is 48.9 Å². The average Bonchev–Trinajstić information content (AvgIpc) is 2.78. The van der Waals surface area contributed by atoms with Crippen molar-refractivity contribution in [1.82, 2.24) is 9.97 Å². The first-order chi connectivity index (χ1) is 14.6. The molecule has 2 aliphatic rings. The Bertz CT molecular complexity index is 940. The molecular formula is C22H27N3O5. The molecule has 1 aromatic heterocycles. The van der Waals surface area contributed by atoms with Crippen LogP contribution in [0.3, 0.4) is 0 Å². The summed E-state index contributed by atoms with van der Waals surface area (Å²) in [6, 6.07) is 6.00. The standard InChI is InChI=1S/C22H27N3O5/c1-5-30-19-9-13-14-8-12(26)6-7-16(14)23-21(15(13)10-18(19)27-2)17-11-20(28-3)25-22(24-17)29-4/h9-12,14,16,26H,5-8H2,1-4H3/t12-,14-,16-/m1/s1. The number of ether oxygens (including phenoxy) is 4. The Kier molecular flexibility index (Phi) is 5.76. The lowest BCUT2D eigenvalue weighted by Gasteiger charge is -2.37. The zero-order valence-electron chi connectivity index (χ0n) is 17.7. The van der Waals surface area contributed by atoms with E-state index in [4.69, 9.17) is 23.9 Å². The number of aromatic nitrogens is 2. The number of aliphatic hydroxyl groups is 1. The molecule has 0 radical (unpaired) electrons. The summed E-state index contributed by atoms with van der Waals surface area (Å²) in [6.07, 6.45) is 1.89. The molecular weight excluding hydrogens is 386 g/mol. The molecule has 1 aliphatic heterocycles. The quantitative estimate of drug-likeness (QED) is 0.778. The number of aliphatic imine (C=N–C) groups is 1. The van der Waals surface area contributed by atoms with E-state index in [2.05, 4.69) is 9.97 Å². The Labute approximate surface area is 175 Å². The number of methoxy groups -OCH3 is 3. The highest BCUT2D eigenvalue weighted by Gasteiger charge is 2.37. The van der Waals surface area contributed by atoms with Crippen molar-refractivity contribution < 1.29 is 24.1 Å². The Balaban J connectivity index is 1.90. The molecule has 1 fully saturated rings. The number of fused-ring (bicyclic) bond motifs is 3. The second-order valence-electron chi connectivity index (χ2n) is 7.42. The van der Waals surface area contributed by atoms with Crippen LogP contribution in [-0.4, -0.2) is 60.9 Å². The summed E-state index contributed by atoms with van der Waals surface area (Å²) in [5.74, 6) is 1.84. The van der Waals surface area contributed by atoms with E-state index >= 15 is 0 Å². The van der Waals surface area contributed by atoms with Crippen molar-refractivity contribution in [1.29, 1.82) is 0 Å². The van der Waals surface area contributed by atoms with E-state index in [1.807, 2.05) is 19.1 Å². The lowest BCUT2D eigenvalue weighted by molar-refractivity contribution is 0.111. The third-order valence-corrected chi connectivity index (χ3v) is 5.69. The molecule has 4 rings (SSSR count). The fourth-order valence-electron chi connectivity index (χ4n) is 4.30. The SMILES string of the molecule is CCOc1cc2c(cc1OC)C(c1cc(OC)nc(OC)n1)=N[C@@H]1CC[C@@H](O)C[C@H]21. The summed E-state index contributed by atoms with van der Waals surface area (Å²) >= 11 is 0. The van der Waals surface area contributed by atoms with Crippen molar-refractivity contribution >= 4 is 5.71 Å². The van der Waals surface area contributed by atoms with Crippen LogP contribution in [0, 0.1) is 0 Å². The fourth-order valence-corrected chi connectivity index (χ4v) is 4.30. The van der Waals surface area contributed by atoms with Gasteiger partial charge in [-0.25, -0.2) is 0 Å². The highest BCUT2D eigenvalue weighted by molar-refractivity contribution is 6.14. The van der Waals surface area contributed by atoms with Crippen molar-refractivity contribution in [3.8, 4) is 23.4 Å². The molecule has 1 saturated carbocycles. The molecule has 3 atom stereocenters. The van der Waals surface area contributed by atoms with Crippen LogP contribution in [0.15, 0.2) is 23.2 Å². The highest BCUT2D eigenvalue weighted by atomic mass is 16.5. The first kappa shape index (κ1) is 20.4. The second kappa shape index (κ2) is 8.47. The first-order valence-electron chi connectivity index (χ1n) is 10.2. The Morgan fingerprint density at radius 1 is 1.00 bits per heavy atom. The van der Waals surface area contributed by atoms with E-state index in [0.29, 0.717) is 36.1 Å². The van der Waals surface area contributed by atoms with E-state index in [-0.39, 0.29) is 24.1 Å². The molecule has 1 aromatic carbocycles. The van der Waals surface area contributed by atoms with Crippen LogP contribution in [0.5, 0.6) is 23.4 Å². The Morgan fingerprint density at radius 2 is 1.83 bits per heavy atom. The predicted molar refractivity (Wildman–Crippen MR) is 111 cm³/mol. The van der Waals surface area contributed by atoms with Crippen LogP contribution < -0.4 is 18.9 Å². The second-order valence-corrected chi connectivity index (χ2v) is 7.42. The fraction of sp³-hybridized carbons (Fsp3) is 0.500. The molecule has 8 heteroatoms. The van der Waals surface area contributed by atoms with Gasteiger partial charge in [0.05, 0.1) is 51.5 Å². The maximum absolute atomic E-state index is 10.3. The van der Waals surface area contributed by atoms with Crippen LogP contribution in [0.2, 0.25) is 0 Å². The monoisotopic (exact) mass is 413 g/mol. The molecule has 160 valence electrons. The molecule has 2 aromatic rings. The van der Waals surface area contributed by atoms with E-state index in [1.54, 1.807) is 20.3 Å². The topological polar surface area (TPSA) is 95.3 Å². The van der Waals surface area contributed by atoms with Crippen LogP contribution in [0.4, 0.5) is 0 Å². The average molecular weight is 413 g/mol. The number of benzene rings is 1. The van der Waals surface area contributed by atoms with Gasteiger partial charge >= 0.3 is 6.01 Å². The largest absolute Gasteiger partial charge is 0.493 e. The zero-order valence-corrected chi connectivity index (χ0v) is 17.7. The van der Waals surface area contributed by atoms with Crippen LogP contribution >= 0.6 is 0 Å². The number of aliphatic hydroxyl groups excluding tert-OH is 1. The molecule has 1 aliphatic carbocycles. The van der Waals surface area contributed by atoms with Gasteiger partial charge in [0.25, 0.3) is 0 Å². The number of nitrogens with zero attached hydrogens (tertiary/aromatic N) is 3. The molecule has 0 bridgehead atoms. The van der Waals surface area contributed by atoms with Gasteiger partial charge in [0.2, 0.25) is 5.88 Å². The molecule has 0 saturated heterocycles. The minimum absolute atomic E-state index is 0.0609. The molecule has 8 nitrogen and oxygen atoms in total. The first-order valence-corrected chi connectivity index (χ1v) is 10.2. The third-order valence-electron chi connectivity index (χ3n) is 5.69. The summed E-state index contributed by atoms with van der Waals surface area (Å²) in [7, 11) is 4.69.